The summed E-state index contributed by atoms with van der Waals surface area (Å²) in [5.41, 5.74) is 8.22. The Kier molecular flexibility index (Phi) is 5.28. The Morgan fingerprint density at radius 2 is 1.85 bits per heavy atom. The van der Waals surface area contributed by atoms with E-state index >= 15 is 0 Å². The molecule has 1 aromatic heterocycles. The van der Waals surface area contributed by atoms with E-state index in [1.165, 1.54) is 0 Å². The first-order chi connectivity index (χ1) is 12.5. The van der Waals surface area contributed by atoms with E-state index in [1.54, 1.807) is 31.2 Å². The highest BCUT2D eigenvalue weighted by Crippen LogP contribution is 2.23. The Morgan fingerprint density at radius 1 is 1.08 bits per heavy atom. The number of aryl methyl sites for hydroxylation is 1. The molecule has 2 aromatic carbocycles. The molecule has 0 saturated heterocycles. The van der Waals surface area contributed by atoms with E-state index in [-0.39, 0.29) is 11.8 Å². The van der Waals surface area contributed by atoms with Crippen molar-refractivity contribution >= 4 is 34.0 Å². The predicted molar refractivity (Wildman–Crippen MR) is 103 cm³/mol. The number of nitrogens with zero attached hydrogens (tertiary/aromatic N) is 1. The second-order valence-corrected chi connectivity index (χ2v) is 6.68. The van der Waals surface area contributed by atoms with Crippen LogP contribution in [0.1, 0.15) is 31.3 Å². The van der Waals surface area contributed by atoms with Crippen LogP contribution in [0.2, 0.25) is 0 Å². The minimum atomic E-state index is -0.317. The molecular weight excluding hydrogens is 348 g/mol. The summed E-state index contributed by atoms with van der Waals surface area (Å²) in [6.07, 6.45) is 0. The van der Waals surface area contributed by atoms with Gasteiger partial charge in [-0.3, -0.25) is 14.9 Å². The number of aromatic nitrogens is 1. The lowest BCUT2D eigenvalue weighted by Crippen LogP contribution is -2.22. The van der Waals surface area contributed by atoms with Gasteiger partial charge in [-0.2, -0.15) is 0 Å². The molecule has 0 fully saturated rings. The van der Waals surface area contributed by atoms with Crippen LogP contribution in [0, 0.1) is 6.92 Å². The number of nitrogens with one attached hydrogen (secondary N) is 2. The first-order valence-electron chi connectivity index (χ1n) is 7.99. The average molecular weight is 366 g/mol. The highest BCUT2D eigenvalue weighted by molar-refractivity contribution is 7.17. The van der Waals surface area contributed by atoms with E-state index in [0.29, 0.717) is 33.5 Å². The Morgan fingerprint density at radius 3 is 2.58 bits per heavy atom. The summed E-state index contributed by atoms with van der Waals surface area (Å²) in [6, 6.07) is 16.3. The van der Waals surface area contributed by atoms with Crippen LogP contribution in [-0.4, -0.2) is 16.8 Å². The maximum absolute atomic E-state index is 12.4. The summed E-state index contributed by atoms with van der Waals surface area (Å²) < 4.78 is 0. The van der Waals surface area contributed by atoms with Crippen molar-refractivity contribution in [1.82, 2.24) is 10.3 Å². The van der Waals surface area contributed by atoms with E-state index in [9.17, 15) is 9.59 Å². The van der Waals surface area contributed by atoms with Gasteiger partial charge in [0.1, 0.15) is 4.88 Å². The highest BCUT2D eigenvalue weighted by Gasteiger charge is 2.17. The smallest absolute Gasteiger partial charge is 0.263 e. The molecule has 26 heavy (non-hydrogen) atoms. The molecule has 0 aliphatic rings. The van der Waals surface area contributed by atoms with Gasteiger partial charge in [-0.05, 0) is 30.7 Å². The number of hydrogen-bond acceptors (Lipinski definition) is 5. The third-order valence-electron chi connectivity index (χ3n) is 3.67. The third-order valence-corrected chi connectivity index (χ3v) is 4.74. The van der Waals surface area contributed by atoms with Crippen molar-refractivity contribution in [1.29, 1.82) is 0 Å². The van der Waals surface area contributed by atoms with Crippen LogP contribution < -0.4 is 16.4 Å². The highest BCUT2D eigenvalue weighted by atomic mass is 32.1. The van der Waals surface area contributed by atoms with Gasteiger partial charge in [-0.1, -0.05) is 47.7 Å². The van der Waals surface area contributed by atoms with Crippen LogP contribution in [0.5, 0.6) is 0 Å². The quantitative estimate of drug-likeness (QED) is 0.604. The Balaban J connectivity index is 1.66. The molecule has 0 bridgehead atoms. The maximum Gasteiger partial charge on any atom is 0.263 e. The van der Waals surface area contributed by atoms with Gasteiger partial charge in [0.15, 0.2) is 5.13 Å². The van der Waals surface area contributed by atoms with Gasteiger partial charge in [0.2, 0.25) is 0 Å². The molecule has 6 nitrogen and oxygen atoms in total. The minimum absolute atomic E-state index is 0.215. The normalized spacial score (nSPS) is 10.3. The molecule has 2 amide bonds. The number of carbonyl (C=O) groups excluding carboxylic acids is 2. The SMILES string of the molecule is Cc1nc(NC(=O)c2cccc(N)c2)sc1C(=O)NCc1ccccc1. The second kappa shape index (κ2) is 7.79. The number of hydrogen-bond donors (Lipinski definition) is 3. The minimum Gasteiger partial charge on any atom is -0.399 e. The Bertz CT molecular complexity index is 938. The fourth-order valence-corrected chi connectivity index (χ4v) is 3.25. The second-order valence-electron chi connectivity index (χ2n) is 5.68. The number of nitrogens with two attached hydrogens (primary N) is 1. The summed E-state index contributed by atoms with van der Waals surface area (Å²) >= 11 is 1.14. The van der Waals surface area contributed by atoms with Gasteiger partial charge >= 0.3 is 0 Å². The van der Waals surface area contributed by atoms with E-state index in [2.05, 4.69) is 15.6 Å². The van der Waals surface area contributed by atoms with Crippen molar-refractivity contribution < 1.29 is 9.59 Å². The molecule has 0 radical (unpaired) electrons. The van der Waals surface area contributed by atoms with Crippen molar-refractivity contribution in [2.75, 3.05) is 11.1 Å². The monoisotopic (exact) mass is 366 g/mol. The zero-order valence-electron chi connectivity index (χ0n) is 14.2. The number of amides is 2. The molecule has 0 unspecified atom stereocenters. The fraction of sp³-hybridized carbons (Fsp3) is 0.105. The number of carbonyl (C=O) groups is 2. The van der Waals surface area contributed by atoms with Gasteiger partial charge < -0.3 is 11.1 Å². The van der Waals surface area contributed by atoms with Crippen molar-refractivity contribution in [3.63, 3.8) is 0 Å². The molecule has 0 saturated carbocycles. The number of thiazole rings is 1. The molecule has 3 aromatic rings. The molecule has 0 aliphatic carbocycles. The number of rotatable bonds is 5. The van der Waals surface area contributed by atoms with Crippen LogP contribution >= 0.6 is 11.3 Å². The van der Waals surface area contributed by atoms with E-state index in [0.717, 1.165) is 16.9 Å². The Labute approximate surface area is 155 Å². The van der Waals surface area contributed by atoms with Gasteiger partial charge in [-0.15, -0.1) is 0 Å². The molecule has 0 aliphatic heterocycles. The predicted octanol–water partition coefficient (Wildman–Crippen LogP) is 3.22. The van der Waals surface area contributed by atoms with E-state index in [4.69, 9.17) is 5.73 Å². The lowest BCUT2D eigenvalue weighted by molar-refractivity contribution is 0.0953. The van der Waals surface area contributed by atoms with Crippen molar-refractivity contribution in [3.8, 4) is 0 Å². The molecular formula is C19H18N4O2S. The first-order valence-corrected chi connectivity index (χ1v) is 8.81. The van der Waals surface area contributed by atoms with Gasteiger partial charge in [-0.25, -0.2) is 4.98 Å². The number of nitrogen functional groups attached to an aromatic ring is 1. The zero-order valence-corrected chi connectivity index (χ0v) is 15.0. The van der Waals surface area contributed by atoms with Crippen LogP contribution in [0.4, 0.5) is 10.8 Å². The van der Waals surface area contributed by atoms with Gasteiger partial charge in [0.05, 0.1) is 5.69 Å². The average Bonchev–Trinajstić information content (AvgIpc) is 3.01. The summed E-state index contributed by atoms with van der Waals surface area (Å²) in [7, 11) is 0. The van der Waals surface area contributed by atoms with Gasteiger partial charge in [0.25, 0.3) is 11.8 Å². The van der Waals surface area contributed by atoms with Crippen LogP contribution in [0.15, 0.2) is 54.6 Å². The van der Waals surface area contributed by atoms with Crippen LogP contribution in [-0.2, 0) is 6.54 Å². The number of benzene rings is 2. The number of anilines is 2. The fourth-order valence-electron chi connectivity index (χ4n) is 2.37. The van der Waals surface area contributed by atoms with Crippen molar-refractivity contribution in [2.45, 2.75) is 13.5 Å². The largest absolute Gasteiger partial charge is 0.399 e. The summed E-state index contributed by atoms with van der Waals surface area (Å²) in [4.78, 5) is 29.4. The van der Waals surface area contributed by atoms with Crippen LogP contribution in [0.25, 0.3) is 0 Å². The van der Waals surface area contributed by atoms with E-state index in [1.807, 2.05) is 30.3 Å². The third kappa shape index (κ3) is 4.25. The van der Waals surface area contributed by atoms with E-state index < -0.39 is 0 Å². The van der Waals surface area contributed by atoms with Crippen molar-refractivity contribution in [2.24, 2.45) is 0 Å². The summed E-state index contributed by atoms with van der Waals surface area (Å²) in [5.74, 6) is -0.532. The molecule has 7 heteroatoms. The standard InChI is InChI=1S/C19H18N4O2S/c1-12-16(18(25)21-11-13-6-3-2-4-7-13)26-19(22-12)23-17(24)14-8-5-9-15(20)10-14/h2-10H,11,20H2,1H3,(H,21,25)(H,22,23,24). The molecule has 0 atom stereocenters. The van der Waals surface area contributed by atoms with Crippen LogP contribution in [0.3, 0.4) is 0 Å². The molecule has 4 N–H and O–H groups in total. The maximum atomic E-state index is 12.4. The molecule has 3 rings (SSSR count). The van der Waals surface area contributed by atoms with Crippen molar-refractivity contribution in [3.05, 3.63) is 76.3 Å². The first kappa shape index (κ1) is 17.6. The Hall–Kier alpha value is -3.19. The van der Waals surface area contributed by atoms with Gasteiger partial charge in [0, 0.05) is 17.8 Å². The lowest BCUT2D eigenvalue weighted by Gasteiger charge is -2.04. The lowest BCUT2D eigenvalue weighted by atomic mass is 10.2. The topological polar surface area (TPSA) is 97.1 Å². The molecule has 132 valence electrons. The summed E-state index contributed by atoms with van der Waals surface area (Å²) in [5, 5.41) is 5.95. The summed E-state index contributed by atoms with van der Waals surface area (Å²) in [6.45, 7) is 2.17. The zero-order chi connectivity index (χ0) is 18.5. The molecule has 0 spiro atoms. The molecule has 1 heterocycles.